The van der Waals surface area contributed by atoms with Crippen molar-refractivity contribution in [1.82, 2.24) is 9.80 Å². The van der Waals surface area contributed by atoms with E-state index in [1.807, 2.05) is 11.8 Å². The van der Waals surface area contributed by atoms with Crippen molar-refractivity contribution in [3.05, 3.63) is 29.8 Å². The maximum atomic E-state index is 13.2. The molecule has 4 rings (SSSR count). The van der Waals surface area contributed by atoms with Crippen LogP contribution in [-0.2, 0) is 24.7 Å². The highest BCUT2D eigenvalue weighted by Gasteiger charge is 2.39. The fourth-order valence-corrected chi connectivity index (χ4v) is 7.50. The summed E-state index contributed by atoms with van der Waals surface area (Å²) >= 11 is 0. The molecule has 3 aliphatic rings. The molecule has 3 heterocycles. The molecule has 0 N–H and O–H groups in total. The summed E-state index contributed by atoms with van der Waals surface area (Å²) in [6.45, 7) is 3.36. The lowest BCUT2D eigenvalue weighted by Crippen LogP contribution is -2.49. The van der Waals surface area contributed by atoms with Gasteiger partial charge in [-0.25, -0.2) is 8.42 Å². The van der Waals surface area contributed by atoms with Gasteiger partial charge in [0.05, 0.1) is 17.4 Å². The van der Waals surface area contributed by atoms with Crippen LogP contribution in [0.2, 0.25) is 0 Å². The molecule has 2 saturated heterocycles. The highest BCUT2D eigenvalue weighted by molar-refractivity contribution is 7.91. The molecule has 0 spiro atoms. The zero-order chi connectivity index (χ0) is 20.8. The maximum Gasteiger partial charge on any atom is 0.285 e. The minimum absolute atomic E-state index is 0.0291. The van der Waals surface area contributed by atoms with Crippen molar-refractivity contribution in [3.8, 4) is 0 Å². The van der Waals surface area contributed by atoms with Gasteiger partial charge in [0.25, 0.3) is 10.0 Å². The third kappa shape index (κ3) is 3.79. The van der Waals surface area contributed by atoms with Crippen LogP contribution >= 0.6 is 0 Å². The summed E-state index contributed by atoms with van der Waals surface area (Å²) in [6.07, 6.45) is 1.93. The van der Waals surface area contributed by atoms with Gasteiger partial charge in [0.2, 0.25) is 5.91 Å². The van der Waals surface area contributed by atoms with Crippen LogP contribution in [0.4, 0.5) is 0 Å². The van der Waals surface area contributed by atoms with Gasteiger partial charge in [0, 0.05) is 31.2 Å². The molecule has 0 saturated carbocycles. The molecule has 1 aromatic carbocycles. The third-order valence-corrected chi connectivity index (χ3v) is 9.03. The molecule has 2 fully saturated rings. The number of amidine groups is 1. The zero-order valence-electron chi connectivity index (χ0n) is 16.3. The second-order valence-electron chi connectivity index (χ2n) is 7.85. The number of fused-ring (bicyclic) bond motifs is 1. The van der Waals surface area contributed by atoms with E-state index in [4.69, 9.17) is 0 Å². The van der Waals surface area contributed by atoms with E-state index < -0.39 is 19.9 Å². The van der Waals surface area contributed by atoms with Crippen molar-refractivity contribution >= 4 is 31.6 Å². The number of carbonyl (C=O) groups excluding carboxylic acids is 1. The quantitative estimate of drug-likeness (QED) is 0.693. The molecule has 1 aromatic rings. The number of likely N-dealkylation sites (tertiary alicyclic amines) is 1. The van der Waals surface area contributed by atoms with Gasteiger partial charge in [-0.3, -0.25) is 4.79 Å². The maximum absolute atomic E-state index is 13.2. The summed E-state index contributed by atoms with van der Waals surface area (Å²) in [5.41, 5.74) is 0.579. The van der Waals surface area contributed by atoms with E-state index in [2.05, 4.69) is 4.40 Å². The first-order valence-corrected chi connectivity index (χ1v) is 13.2. The number of carbonyl (C=O) groups is 1. The predicted molar refractivity (Wildman–Crippen MR) is 109 cm³/mol. The molecule has 0 aliphatic carbocycles. The second kappa shape index (κ2) is 7.39. The number of sulfone groups is 1. The van der Waals surface area contributed by atoms with Crippen molar-refractivity contribution in [2.24, 2.45) is 10.3 Å². The van der Waals surface area contributed by atoms with Gasteiger partial charge in [0.15, 0.2) is 15.7 Å². The summed E-state index contributed by atoms with van der Waals surface area (Å²) in [7, 11) is -6.78. The van der Waals surface area contributed by atoms with E-state index in [-0.39, 0.29) is 34.3 Å². The zero-order valence-corrected chi connectivity index (χ0v) is 18.0. The monoisotopic (exact) mass is 439 g/mol. The molecule has 2 unspecified atom stereocenters. The molecule has 158 valence electrons. The fraction of sp³-hybridized carbons (Fsp3) is 0.579. The molecule has 3 aliphatic heterocycles. The van der Waals surface area contributed by atoms with Crippen molar-refractivity contribution in [1.29, 1.82) is 0 Å². The highest BCUT2D eigenvalue weighted by Crippen LogP contribution is 2.30. The predicted octanol–water partition coefficient (Wildman–Crippen LogP) is 0.883. The molecule has 1 amide bonds. The molecule has 10 heteroatoms. The fourth-order valence-electron chi connectivity index (χ4n) is 4.54. The molecule has 8 nitrogen and oxygen atoms in total. The third-order valence-electron chi connectivity index (χ3n) is 5.96. The Labute approximate surface area is 171 Å². The molecule has 0 aromatic heterocycles. The lowest BCUT2D eigenvalue weighted by Gasteiger charge is -2.37. The number of hydrogen-bond acceptors (Lipinski definition) is 6. The smallest absolute Gasteiger partial charge is 0.285 e. The Hall–Kier alpha value is -1.94. The van der Waals surface area contributed by atoms with Crippen LogP contribution in [0.1, 0.15) is 31.7 Å². The summed E-state index contributed by atoms with van der Waals surface area (Å²) in [5.74, 6) is 0.217. The van der Waals surface area contributed by atoms with Crippen molar-refractivity contribution in [2.45, 2.75) is 37.1 Å². The number of sulfonamides is 1. The van der Waals surface area contributed by atoms with E-state index in [1.165, 1.54) is 0 Å². The van der Waals surface area contributed by atoms with Crippen LogP contribution in [0.3, 0.4) is 0 Å². The summed E-state index contributed by atoms with van der Waals surface area (Å²) < 4.78 is 52.4. The van der Waals surface area contributed by atoms with Crippen molar-refractivity contribution in [3.63, 3.8) is 0 Å². The standard InChI is InChI=1S/C19H25N3O5S2/c1-2-22(15-9-11-28(24,25)13-15)19(23)14-6-5-10-21(12-14)18-16-7-3-4-8-17(16)29(26,27)20-18/h3-4,7-8,14-15H,2,5-6,9-13H2,1H3. The summed E-state index contributed by atoms with van der Waals surface area (Å²) in [6, 6.07) is 6.48. The first-order valence-electron chi connectivity index (χ1n) is 9.92. The minimum Gasteiger partial charge on any atom is -0.355 e. The Bertz CT molecular complexity index is 1070. The topological polar surface area (TPSA) is 104 Å². The number of hydrogen-bond donors (Lipinski definition) is 0. The van der Waals surface area contributed by atoms with Gasteiger partial charge in [0.1, 0.15) is 4.90 Å². The van der Waals surface area contributed by atoms with Crippen LogP contribution in [0.15, 0.2) is 33.6 Å². The molecule has 0 radical (unpaired) electrons. The SMILES string of the molecule is CCN(C(=O)C1CCCN(C2=NS(=O)(=O)c3ccccc32)C1)C1CCS(=O)(=O)C1. The van der Waals surface area contributed by atoms with Gasteiger partial charge in [-0.2, -0.15) is 8.42 Å². The van der Waals surface area contributed by atoms with Crippen LogP contribution in [0, 0.1) is 5.92 Å². The van der Waals surface area contributed by atoms with Gasteiger partial charge in [-0.1, -0.05) is 12.1 Å². The Morgan fingerprint density at radius 2 is 1.97 bits per heavy atom. The summed E-state index contributed by atoms with van der Waals surface area (Å²) in [5, 5.41) is 0. The molecular weight excluding hydrogens is 414 g/mol. The Morgan fingerprint density at radius 1 is 1.21 bits per heavy atom. The first kappa shape index (κ1) is 20.3. The van der Waals surface area contributed by atoms with Gasteiger partial charge in [-0.15, -0.1) is 4.40 Å². The largest absolute Gasteiger partial charge is 0.355 e. The Balaban J connectivity index is 1.54. The summed E-state index contributed by atoms with van der Waals surface area (Å²) in [4.78, 5) is 17.0. The Kier molecular flexibility index (Phi) is 5.18. The van der Waals surface area contributed by atoms with E-state index in [9.17, 15) is 21.6 Å². The van der Waals surface area contributed by atoms with Gasteiger partial charge in [-0.05, 0) is 38.3 Å². The van der Waals surface area contributed by atoms with E-state index in [1.54, 1.807) is 29.2 Å². The lowest BCUT2D eigenvalue weighted by atomic mass is 9.95. The molecule has 2 atom stereocenters. The lowest BCUT2D eigenvalue weighted by molar-refractivity contribution is -0.138. The second-order valence-corrected chi connectivity index (χ2v) is 11.7. The van der Waals surface area contributed by atoms with E-state index >= 15 is 0 Å². The number of benzene rings is 1. The number of piperidine rings is 1. The molecular formula is C19H25N3O5S2. The van der Waals surface area contributed by atoms with Crippen LogP contribution in [0.25, 0.3) is 0 Å². The van der Waals surface area contributed by atoms with Gasteiger partial charge >= 0.3 is 0 Å². The van der Waals surface area contributed by atoms with Crippen molar-refractivity contribution < 1.29 is 21.6 Å². The average Bonchev–Trinajstić information content (AvgIpc) is 3.19. The number of amides is 1. The van der Waals surface area contributed by atoms with Gasteiger partial charge < -0.3 is 9.80 Å². The molecule has 29 heavy (non-hydrogen) atoms. The number of rotatable bonds is 3. The van der Waals surface area contributed by atoms with Crippen LogP contribution in [-0.4, -0.2) is 75.6 Å². The normalized spacial score (nSPS) is 27.3. The van der Waals surface area contributed by atoms with E-state index in [0.717, 1.165) is 6.42 Å². The van der Waals surface area contributed by atoms with Crippen LogP contribution in [0.5, 0.6) is 0 Å². The van der Waals surface area contributed by atoms with Crippen molar-refractivity contribution in [2.75, 3.05) is 31.1 Å². The number of nitrogens with zero attached hydrogens (tertiary/aromatic N) is 3. The van der Waals surface area contributed by atoms with E-state index in [0.29, 0.717) is 43.9 Å². The average molecular weight is 440 g/mol. The van der Waals surface area contributed by atoms with Crippen LogP contribution < -0.4 is 0 Å². The minimum atomic E-state index is -3.70. The highest BCUT2D eigenvalue weighted by atomic mass is 32.2. The first-order chi connectivity index (χ1) is 13.7. The Morgan fingerprint density at radius 3 is 2.66 bits per heavy atom. The molecule has 0 bridgehead atoms.